The minimum atomic E-state index is -0.351. The number of aryl methyl sites for hydroxylation is 1. The van der Waals surface area contributed by atoms with Crippen molar-refractivity contribution in [3.8, 4) is 0 Å². The lowest BCUT2D eigenvalue weighted by atomic mass is 9.82. The first-order chi connectivity index (χ1) is 13.6. The highest BCUT2D eigenvalue weighted by Gasteiger charge is 2.52. The van der Waals surface area contributed by atoms with E-state index in [1.54, 1.807) is 16.0 Å². The molecule has 8 heteroatoms. The van der Waals surface area contributed by atoms with Crippen molar-refractivity contribution in [3.05, 3.63) is 29.0 Å². The number of thiazole rings is 1. The third-order valence-corrected chi connectivity index (χ3v) is 7.31. The molecule has 150 valence electrons. The zero-order valence-corrected chi connectivity index (χ0v) is 17.3. The Labute approximate surface area is 169 Å². The Morgan fingerprint density at radius 1 is 1.21 bits per heavy atom. The Bertz CT molecular complexity index is 822. The molecule has 2 saturated heterocycles. The minimum absolute atomic E-state index is 0.279. The fourth-order valence-electron chi connectivity index (χ4n) is 4.73. The van der Waals surface area contributed by atoms with Crippen LogP contribution in [0.25, 0.3) is 0 Å². The van der Waals surface area contributed by atoms with E-state index in [0.29, 0.717) is 0 Å². The first-order valence-corrected chi connectivity index (χ1v) is 11.2. The van der Waals surface area contributed by atoms with E-state index < -0.39 is 0 Å². The molecule has 0 bridgehead atoms. The summed E-state index contributed by atoms with van der Waals surface area (Å²) in [5.74, 6) is 1.07. The molecular formula is C20H28N6OS. The van der Waals surface area contributed by atoms with Gasteiger partial charge in [-0.15, -0.1) is 11.3 Å². The number of nitrogens with zero attached hydrogens (tertiary/aromatic N) is 6. The largest absolute Gasteiger partial charge is 0.307 e. The summed E-state index contributed by atoms with van der Waals surface area (Å²) in [7, 11) is 1.91. The van der Waals surface area contributed by atoms with Gasteiger partial charge in [-0.3, -0.25) is 19.3 Å². The Morgan fingerprint density at radius 3 is 2.68 bits per heavy atom. The van der Waals surface area contributed by atoms with Gasteiger partial charge in [-0.25, -0.2) is 4.98 Å². The van der Waals surface area contributed by atoms with Gasteiger partial charge in [0.1, 0.15) is 10.5 Å². The van der Waals surface area contributed by atoms with Crippen molar-refractivity contribution in [3.63, 3.8) is 0 Å². The van der Waals surface area contributed by atoms with Crippen LogP contribution in [0, 0.1) is 5.92 Å². The summed E-state index contributed by atoms with van der Waals surface area (Å²) < 4.78 is 1.78. The van der Waals surface area contributed by atoms with Gasteiger partial charge in [0.05, 0.1) is 18.4 Å². The van der Waals surface area contributed by atoms with Gasteiger partial charge in [-0.1, -0.05) is 0 Å². The van der Waals surface area contributed by atoms with Crippen LogP contribution in [0.4, 0.5) is 5.69 Å². The van der Waals surface area contributed by atoms with Crippen LogP contribution < -0.4 is 4.90 Å². The Balaban J connectivity index is 1.35. The molecule has 1 aliphatic carbocycles. The van der Waals surface area contributed by atoms with Crippen molar-refractivity contribution in [2.45, 2.75) is 37.8 Å². The number of carbonyl (C=O) groups is 1. The lowest BCUT2D eigenvalue weighted by molar-refractivity contribution is -0.138. The van der Waals surface area contributed by atoms with E-state index in [2.05, 4.69) is 19.9 Å². The van der Waals surface area contributed by atoms with Gasteiger partial charge in [0, 0.05) is 57.5 Å². The predicted molar refractivity (Wildman–Crippen MR) is 109 cm³/mol. The molecule has 0 aromatic carbocycles. The monoisotopic (exact) mass is 400 g/mol. The number of amides is 1. The van der Waals surface area contributed by atoms with Gasteiger partial charge in [0.25, 0.3) is 0 Å². The molecule has 0 N–H and O–H groups in total. The fourth-order valence-corrected chi connectivity index (χ4v) is 5.39. The van der Waals surface area contributed by atoms with Crippen LogP contribution >= 0.6 is 11.3 Å². The third-order valence-electron chi connectivity index (χ3n) is 6.55. The summed E-state index contributed by atoms with van der Waals surface area (Å²) in [6.07, 6.45) is 10.1. The van der Waals surface area contributed by atoms with Gasteiger partial charge >= 0.3 is 0 Å². The maximum atomic E-state index is 13.8. The summed E-state index contributed by atoms with van der Waals surface area (Å²) in [4.78, 5) is 25.2. The molecule has 0 atom stereocenters. The SMILES string of the molecule is Cn1cc(N2CCN(CC3CC3)C3(CCN(Cc4nccs4)CC3)C2=O)cn1. The predicted octanol–water partition coefficient (Wildman–Crippen LogP) is 1.97. The van der Waals surface area contributed by atoms with E-state index in [0.717, 1.165) is 68.7 Å². The average molecular weight is 401 g/mol. The van der Waals surface area contributed by atoms with Crippen LogP contribution in [0.5, 0.6) is 0 Å². The minimum Gasteiger partial charge on any atom is -0.307 e. The van der Waals surface area contributed by atoms with Crippen LogP contribution in [0.3, 0.4) is 0 Å². The Hall–Kier alpha value is -1.77. The molecule has 2 aromatic heterocycles. The normalized spacial score (nSPS) is 23.6. The van der Waals surface area contributed by atoms with Gasteiger partial charge < -0.3 is 4.90 Å². The van der Waals surface area contributed by atoms with Crippen LogP contribution in [0.15, 0.2) is 24.0 Å². The average Bonchev–Trinajstić information content (AvgIpc) is 3.17. The molecular weight excluding hydrogens is 372 g/mol. The second kappa shape index (κ2) is 7.24. The summed E-state index contributed by atoms with van der Waals surface area (Å²) >= 11 is 1.71. The van der Waals surface area contributed by atoms with Crippen molar-refractivity contribution >= 4 is 22.9 Å². The lowest BCUT2D eigenvalue weighted by Crippen LogP contribution is -2.69. The van der Waals surface area contributed by atoms with Crippen LogP contribution in [-0.4, -0.2) is 68.7 Å². The van der Waals surface area contributed by atoms with Crippen molar-refractivity contribution < 1.29 is 4.79 Å². The first-order valence-electron chi connectivity index (χ1n) is 10.3. The first kappa shape index (κ1) is 18.3. The molecule has 7 nitrogen and oxygen atoms in total. The molecule has 3 fully saturated rings. The van der Waals surface area contributed by atoms with E-state index in [4.69, 9.17) is 0 Å². The summed E-state index contributed by atoms with van der Waals surface area (Å²) in [5.41, 5.74) is 0.582. The second-order valence-corrected chi connectivity index (χ2v) is 9.43. The van der Waals surface area contributed by atoms with Crippen molar-refractivity contribution in [1.29, 1.82) is 0 Å². The molecule has 0 unspecified atom stereocenters. The maximum Gasteiger partial charge on any atom is 0.247 e. The highest BCUT2D eigenvalue weighted by Crippen LogP contribution is 2.39. The van der Waals surface area contributed by atoms with Crippen molar-refractivity contribution in [1.82, 2.24) is 24.6 Å². The molecule has 3 aliphatic rings. The van der Waals surface area contributed by atoms with E-state index in [1.807, 2.05) is 35.9 Å². The molecule has 1 spiro atoms. The van der Waals surface area contributed by atoms with Crippen molar-refractivity contribution in [2.75, 3.05) is 37.6 Å². The lowest BCUT2D eigenvalue weighted by Gasteiger charge is -2.52. The van der Waals surface area contributed by atoms with E-state index >= 15 is 0 Å². The number of aromatic nitrogens is 3. The van der Waals surface area contributed by atoms with Gasteiger partial charge in [0.2, 0.25) is 5.91 Å². The molecule has 1 saturated carbocycles. The molecule has 2 aliphatic heterocycles. The zero-order chi connectivity index (χ0) is 19.1. The van der Waals surface area contributed by atoms with Crippen LogP contribution in [0.2, 0.25) is 0 Å². The topological polar surface area (TPSA) is 57.5 Å². The quantitative estimate of drug-likeness (QED) is 0.768. The number of anilines is 1. The number of hydrogen-bond acceptors (Lipinski definition) is 6. The summed E-state index contributed by atoms with van der Waals surface area (Å²) in [5, 5.41) is 7.49. The standard InChI is InChI=1S/C20H28N6OS/c1-23-14-17(12-22-23)26-10-9-25(13-16-2-3-16)20(19(26)27)4-7-24(8-5-20)15-18-21-6-11-28-18/h6,11-12,14,16H,2-5,7-10,13,15H2,1H3. The molecule has 2 aromatic rings. The molecule has 28 heavy (non-hydrogen) atoms. The second-order valence-electron chi connectivity index (χ2n) is 8.45. The molecule has 1 amide bonds. The molecule has 4 heterocycles. The summed E-state index contributed by atoms with van der Waals surface area (Å²) in [6, 6.07) is 0. The third kappa shape index (κ3) is 3.38. The number of piperazine rings is 1. The van der Waals surface area contributed by atoms with Gasteiger partial charge in [0.15, 0.2) is 0 Å². The maximum absolute atomic E-state index is 13.8. The Kier molecular flexibility index (Phi) is 4.72. The van der Waals surface area contributed by atoms with Gasteiger partial charge in [-0.05, 0) is 31.6 Å². The number of likely N-dealkylation sites (tertiary alicyclic amines) is 1. The van der Waals surface area contributed by atoms with E-state index in [1.165, 1.54) is 12.8 Å². The summed E-state index contributed by atoms with van der Waals surface area (Å²) in [6.45, 7) is 5.61. The van der Waals surface area contributed by atoms with Crippen LogP contribution in [-0.2, 0) is 18.4 Å². The van der Waals surface area contributed by atoms with Gasteiger partial charge in [-0.2, -0.15) is 5.10 Å². The fraction of sp³-hybridized carbons (Fsp3) is 0.650. The number of hydrogen-bond donors (Lipinski definition) is 0. The molecule has 5 rings (SSSR count). The molecule has 0 radical (unpaired) electrons. The van der Waals surface area contributed by atoms with E-state index in [9.17, 15) is 4.79 Å². The highest BCUT2D eigenvalue weighted by molar-refractivity contribution is 7.09. The number of piperidine rings is 1. The Morgan fingerprint density at radius 2 is 2.04 bits per heavy atom. The van der Waals surface area contributed by atoms with E-state index in [-0.39, 0.29) is 11.4 Å². The highest BCUT2D eigenvalue weighted by atomic mass is 32.1. The zero-order valence-electron chi connectivity index (χ0n) is 16.5. The number of rotatable bonds is 5. The smallest absolute Gasteiger partial charge is 0.247 e. The number of carbonyl (C=O) groups excluding carboxylic acids is 1. The van der Waals surface area contributed by atoms with Crippen molar-refractivity contribution in [2.24, 2.45) is 13.0 Å². The van der Waals surface area contributed by atoms with Crippen LogP contribution in [0.1, 0.15) is 30.7 Å².